The van der Waals surface area contributed by atoms with Crippen LogP contribution in [0.3, 0.4) is 0 Å². The Morgan fingerprint density at radius 2 is 2.15 bits per heavy atom. The lowest BCUT2D eigenvalue weighted by Gasteiger charge is -1.95. The van der Waals surface area contributed by atoms with Gasteiger partial charge in [-0.25, -0.2) is 0 Å². The van der Waals surface area contributed by atoms with Gasteiger partial charge in [-0.05, 0) is 24.6 Å². The Kier molecular flexibility index (Phi) is 2.22. The number of phenolic OH excluding ortho intramolecular Hbond substituents is 1. The minimum absolute atomic E-state index is 0.294. The highest BCUT2D eigenvalue weighted by Crippen LogP contribution is 2.33. The number of hydrogen-bond donors (Lipinski definition) is 2. The molecule has 0 aliphatic rings. The van der Waals surface area contributed by atoms with Gasteiger partial charge in [0.2, 0.25) is 0 Å². The van der Waals surface area contributed by atoms with Crippen molar-refractivity contribution >= 4 is 34.1 Å². The van der Waals surface area contributed by atoms with Crippen molar-refractivity contribution < 1.29 is 5.11 Å². The number of aromatic hydroxyl groups is 1. The first-order valence-electron chi connectivity index (χ1n) is 4.15. The second-order valence-electron chi connectivity index (χ2n) is 2.94. The summed E-state index contributed by atoms with van der Waals surface area (Å²) in [4.78, 5) is 2.18. The third-order valence-corrected chi connectivity index (χ3v) is 3.60. The monoisotopic (exact) mass is 210 g/mol. The van der Waals surface area contributed by atoms with Crippen LogP contribution in [-0.2, 0) is 6.42 Å². The highest BCUT2D eigenvalue weighted by Gasteiger charge is 2.04. The molecule has 0 aliphatic carbocycles. The summed E-state index contributed by atoms with van der Waals surface area (Å²) >= 11 is 6.04. The van der Waals surface area contributed by atoms with Crippen LogP contribution in [0.15, 0.2) is 23.1 Å². The van der Waals surface area contributed by atoms with Crippen LogP contribution < -0.4 is 0 Å². The summed E-state index contributed by atoms with van der Waals surface area (Å²) in [5, 5.41) is 10.5. The summed E-state index contributed by atoms with van der Waals surface area (Å²) < 4.78 is 1.11. The minimum atomic E-state index is 0.294. The van der Waals surface area contributed by atoms with Gasteiger partial charge in [-0.15, -0.1) is 24.0 Å². The molecule has 1 nitrogen and oxygen atoms in total. The van der Waals surface area contributed by atoms with E-state index < -0.39 is 0 Å². The molecule has 1 aromatic carbocycles. The SMILES string of the molecule is CCc1cc2c(S)cc(O)cc2s1. The predicted octanol–water partition coefficient (Wildman–Crippen LogP) is 3.46. The third kappa shape index (κ3) is 1.54. The first-order valence-corrected chi connectivity index (χ1v) is 5.41. The van der Waals surface area contributed by atoms with E-state index in [1.807, 2.05) is 0 Å². The molecule has 68 valence electrons. The summed E-state index contributed by atoms with van der Waals surface area (Å²) in [6, 6.07) is 5.61. The normalized spacial score (nSPS) is 10.9. The zero-order chi connectivity index (χ0) is 9.42. The van der Waals surface area contributed by atoms with Crippen LogP contribution in [0.5, 0.6) is 5.75 Å². The molecular weight excluding hydrogens is 200 g/mol. The molecule has 0 saturated heterocycles. The highest BCUT2D eigenvalue weighted by atomic mass is 32.1. The molecule has 0 atom stereocenters. The molecule has 1 N–H and O–H groups in total. The number of fused-ring (bicyclic) bond motifs is 1. The van der Waals surface area contributed by atoms with Gasteiger partial charge < -0.3 is 5.11 Å². The lowest BCUT2D eigenvalue weighted by Crippen LogP contribution is -1.68. The number of benzene rings is 1. The number of aryl methyl sites for hydroxylation is 1. The van der Waals surface area contributed by atoms with Crippen molar-refractivity contribution in [2.45, 2.75) is 18.2 Å². The zero-order valence-corrected chi connectivity index (χ0v) is 8.95. The molecule has 1 heterocycles. The molecule has 2 aromatic rings. The molecule has 2 rings (SSSR count). The van der Waals surface area contributed by atoms with E-state index >= 15 is 0 Å². The van der Waals surface area contributed by atoms with Crippen molar-refractivity contribution in [3.05, 3.63) is 23.1 Å². The molecule has 0 saturated carbocycles. The van der Waals surface area contributed by atoms with Gasteiger partial charge in [-0.2, -0.15) is 0 Å². The predicted molar refractivity (Wildman–Crippen MR) is 60.1 cm³/mol. The summed E-state index contributed by atoms with van der Waals surface area (Å²) in [5.74, 6) is 0.294. The second-order valence-corrected chi connectivity index (χ2v) is 4.59. The lowest BCUT2D eigenvalue weighted by atomic mass is 10.2. The Bertz CT molecular complexity index is 445. The van der Waals surface area contributed by atoms with Crippen LogP contribution in [0.2, 0.25) is 0 Å². The summed E-state index contributed by atoms with van der Waals surface area (Å²) in [6.07, 6.45) is 1.04. The van der Waals surface area contributed by atoms with Gasteiger partial charge >= 0.3 is 0 Å². The lowest BCUT2D eigenvalue weighted by molar-refractivity contribution is 0.475. The Morgan fingerprint density at radius 3 is 2.85 bits per heavy atom. The highest BCUT2D eigenvalue weighted by molar-refractivity contribution is 7.80. The largest absolute Gasteiger partial charge is 0.508 e. The van der Waals surface area contributed by atoms with Crippen LogP contribution in [0.25, 0.3) is 10.1 Å². The molecular formula is C10H10OS2. The van der Waals surface area contributed by atoms with E-state index in [1.165, 1.54) is 4.88 Å². The number of rotatable bonds is 1. The van der Waals surface area contributed by atoms with Gasteiger partial charge in [0.15, 0.2) is 0 Å². The quantitative estimate of drug-likeness (QED) is 0.691. The fourth-order valence-corrected chi connectivity index (χ4v) is 2.79. The number of phenols is 1. The first-order chi connectivity index (χ1) is 6.20. The summed E-state index contributed by atoms with van der Waals surface area (Å²) in [6.45, 7) is 2.13. The number of hydrogen-bond acceptors (Lipinski definition) is 3. The minimum Gasteiger partial charge on any atom is -0.508 e. The summed E-state index contributed by atoms with van der Waals surface area (Å²) in [7, 11) is 0. The average molecular weight is 210 g/mol. The Hall–Kier alpha value is -0.670. The fourth-order valence-electron chi connectivity index (χ4n) is 1.33. The van der Waals surface area contributed by atoms with Crippen LogP contribution in [0.4, 0.5) is 0 Å². The number of thiol groups is 1. The van der Waals surface area contributed by atoms with Crippen LogP contribution in [0.1, 0.15) is 11.8 Å². The van der Waals surface area contributed by atoms with E-state index in [2.05, 4.69) is 25.6 Å². The van der Waals surface area contributed by atoms with Gasteiger partial charge in [0, 0.05) is 19.9 Å². The van der Waals surface area contributed by atoms with Gasteiger partial charge in [0.25, 0.3) is 0 Å². The van der Waals surface area contributed by atoms with E-state index in [4.69, 9.17) is 0 Å². The topological polar surface area (TPSA) is 20.2 Å². The fraction of sp³-hybridized carbons (Fsp3) is 0.200. The molecule has 13 heavy (non-hydrogen) atoms. The van der Waals surface area contributed by atoms with E-state index in [9.17, 15) is 5.11 Å². The van der Waals surface area contributed by atoms with Crippen molar-refractivity contribution in [2.24, 2.45) is 0 Å². The Morgan fingerprint density at radius 1 is 1.38 bits per heavy atom. The van der Waals surface area contributed by atoms with Crippen molar-refractivity contribution in [3.8, 4) is 5.75 Å². The molecule has 0 aliphatic heterocycles. The molecule has 0 fully saturated rings. The molecule has 1 aromatic heterocycles. The summed E-state index contributed by atoms with van der Waals surface area (Å²) in [5.41, 5.74) is 0. The van der Waals surface area contributed by atoms with E-state index in [-0.39, 0.29) is 0 Å². The smallest absolute Gasteiger partial charge is 0.118 e. The third-order valence-electron chi connectivity index (χ3n) is 2.00. The Balaban J connectivity index is 2.75. The number of thiophene rings is 1. The van der Waals surface area contributed by atoms with Crippen molar-refractivity contribution in [1.82, 2.24) is 0 Å². The zero-order valence-electron chi connectivity index (χ0n) is 7.24. The maximum atomic E-state index is 9.35. The van der Waals surface area contributed by atoms with Crippen molar-refractivity contribution in [1.29, 1.82) is 0 Å². The first kappa shape index (κ1) is 8.91. The van der Waals surface area contributed by atoms with E-state index in [1.54, 1.807) is 23.5 Å². The maximum absolute atomic E-state index is 9.35. The molecule has 0 bridgehead atoms. The second kappa shape index (κ2) is 3.24. The Labute approximate surface area is 86.4 Å². The molecule has 0 amide bonds. The van der Waals surface area contributed by atoms with Gasteiger partial charge in [0.1, 0.15) is 5.75 Å². The molecule has 0 radical (unpaired) electrons. The van der Waals surface area contributed by atoms with Crippen LogP contribution in [0, 0.1) is 0 Å². The molecule has 3 heteroatoms. The molecule has 0 spiro atoms. The maximum Gasteiger partial charge on any atom is 0.118 e. The van der Waals surface area contributed by atoms with Crippen LogP contribution >= 0.6 is 24.0 Å². The standard InChI is InChI=1S/C10H10OS2/c1-2-7-5-8-9(12)3-6(11)4-10(8)13-7/h3-5,11-12H,2H2,1H3. The van der Waals surface area contributed by atoms with Crippen molar-refractivity contribution in [2.75, 3.05) is 0 Å². The van der Waals surface area contributed by atoms with E-state index in [0.29, 0.717) is 5.75 Å². The van der Waals surface area contributed by atoms with Gasteiger partial charge in [0.05, 0.1) is 0 Å². The van der Waals surface area contributed by atoms with Gasteiger partial charge in [-0.1, -0.05) is 6.92 Å². The van der Waals surface area contributed by atoms with E-state index in [0.717, 1.165) is 21.4 Å². The van der Waals surface area contributed by atoms with Gasteiger partial charge in [-0.3, -0.25) is 0 Å². The van der Waals surface area contributed by atoms with Crippen molar-refractivity contribution in [3.63, 3.8) is 0 Å². The average Bonchev–Trinajstić information content (AvgIpc) is 2.47. The van der Waals surface area contributed by atoms with Crippen LogP contribution in [-0.4, -0.2) is 5.11 Å². The molecule has 0 unspecified atom stereocenters.